The van der Waals surface area contributed by atoms with Crippen LogP contribution in [0.4, 0.5) is 4.39 Å². The number of ketones is 1. The quantitative estimate of drug-likeness (QED) is 0.638. The molecule has 0 fully saturated rings. The molecule has 15 heavy (non-hydrogen) atoms. The number of rotatable bonds is 3. The summed E-state index contributed by atoms with van der Waals surface area (Å²) in [6, 6.07) is 3.54. The maximum Gasteiger partial charge on any atom is 0.328 e. The Morgan fingerprint density at radius 2 is 2.00 bits per heavy atom. The van der Waals surface area contributed by atoms with Crippen LogP contribution in [0.25, 0.3) is 0 Å². The Labute approximate surface area is 89.8 Å². The van der Waals surface area contributed by atoms with E-state index < -0.39 is 17.6 Å². The molecule has 0 aliphatic rings. The Hall–Kier alpha value is -1.68. The average molecular weight is 229 g/mol. The van der Waals surface area contributed by atoms with Gasteiger partial charge in [0.2, 0.25) is 0 Å². The van der Waals surface area contributed by atoms with Crippen molar-refractivity contribution in [1.29, 1.82) is 0 Å². The van der Waals surface area contributed by atoms with Crippen LogP contribution in [0, 0.1) is 5.82 Å². The summed E-state index contributed by atoms with van der Waals surface area (Å²) in [5, 5.41) is 8.44. The van der Waals surface area contributed by atoms with E-state index in [1.807, 2.05) is 0 Å². The molecule has 0 heterocycles. The van der Waals surface area contributed by atoms with E-state index in [1.54, 1.807) is 0 Å². The van der Waals surface area contributed by atoms with Gasteiger partial charge in [0.15, 0.2) is 5.78 Å². The number of aliphatic carboxylic acids is 1. The summed E-state index contributed by atoms with van der Waals surface area (Å²) in [6.07, 6.45) is 1.44. The Morgan fingerprint density at radius 1 is 1.33 bits per heavy atom. The molecule has 0 amide bonds. The number of hydrogen-bond donors (Lipinski definition) is 1. The van der Waals surface area contributed by atoms with Gasteiger partial charge in [0, 0.05) is 11.1 Å². The number of benzene rings is 1. The molecule has 0 aliphatic carbocycles. The minimum absolute atomic E-state index is 0.172. The first-order valence-electron chi connectivity index (χ1n) is 3.91. The molecule has 1 aromatic carbocycles. The second kappa shape index (κ2) is 4.70. The Kier molecular flexibility index (Phi) is 3.57. The molecule has 3 nitrogen and oxygen atoms in total. The molecule has 0 radical (unpaired) electrons. The van der Waals surface area contributed by atoms with Gasteiger partial charge in [0.1, 0.15) is 5.82 Å². The first-order valence-corrected chi connectivity index (χ1v) is 4.29. The molecule has 0 saturated heterocycles. The highest BCUT2D eigenvalue weighted by Crippen LogP contribution is 2.15. The second-order valence-electron chi connectivity index (χ2n) is 2.66. The number of hydrogen-bond acceptors (Lipinski definition) is 2. The maximum absolute atomic E-state index is 13.1. The van der Waals surface area contributed by atoms with Crippen LogP contribution in [0.2, 0.25) is 5.02 Å². The predicted molar refractivity (Wildman–Crippen MR) is 52.5 cm³/mol. The first-order chi connectivity index (χ1) is 7.00. The number of halogens is 2. The number of carbonyl (C=O) groups excluding carboxylic acids is 1. The molecule has 1 N–H and O–H groups in total. The zero-order valence-electron chi connectivity index (χ0n) is 7.41. The minimum atomic E-state index is -1.27. The van der Waals surface area contributed by atoms with Gasteiger partial charge >= 0.3 is 5.97 Å². The van der Waals surface area contributed by atoms with Gasteiger partial charge in [0.25, 0.3) is 0 Å². The molecular formula is C10H6ClFO3. The Balaban J connectivity index is 2.97. The van der Waals surface area contributed by atoms with Crippen molar-refractivity contribution in [3.8, 4) is 0 Å². The van der Waals surface area contributed by atoms with Crippen molar-refractivity contribution in [1.82, 2.24) is 0 Å². The van der Waals surface area contributed by atoms with Gasteiger partial charge < -0.3 is 5.11 Å². The fourth-order valence-corrected chi connectivity index (χ4v) is 1.08. The van der Waals surface area contributed by atoms with E-state index in [9.17, 15) is 14.0 Å². The number of allylic oxidation sites excluding steroid dienone is 1. The molecule has 5 heteroatoms. The molecule has 1 rings (SSSR count). The monoisotopic (exact) mass is 228 g/mol. The fourth-order valence-electron chi connectivity index (χ4n) is 0.926. The van der Waals surface area contributed by atoms with Crippen molar-refractivity contribution in [2.24, 2.45) is 0 Å². The van der Waals surface area contributed by atoms with Crippen LogP contribution in [0.1, 0.15) is 10.4 Å². The lowest BCUT2D eigenvalue weighted by molar-refractivity contribution is -0.131. The number of carboxylic acid groups (broad SMARTS) is 1. The average Bonchev–Trinajstić information content (AvgIpc) is 2.14. The van der Waals surface area contributed by atoms with Crippen LogP contribution in [-0.4, -0.2) is 16.9 Å². The van der Waals surface area contributed by atoms with Gasteiger partial charge in [-0.1, -0.05) is 11.6 Å². The number of carboxylic acids is 1. The summed E-state index contributed by atoms with van der Waals surface area (Å²) < 4.78 is 13.1. The molecule has 0 saturated carbocycles. The summed E-state index contributed by atoms with van der Waals surface area (Å²) in [4.78, 5) is 21.4. The van der Waals surface area contributed by atoms with Gasteiger partial charge in [-0.05, 0) is 24.3 Å². The summed E-state index contributed by atoms with van der Waals surface area (Å²) in [5.41, 5.74) is -0.211. The molecule has 0 aliphatic heterocycles. The van der Waals surface area contributed by atoms with Crippen molar-refractivity contribution in [3.05, 3.63) is 46.8 Å². The molecular weight excluding hydrogens is 223 g/mol. The lowest BCUT2D eigenvalue weighted by atomic mass is 10.1. The first kappa shape index (κ1) is 11.4. The van der Waals surface area contributed by atoms with Gasteiger partial charge in [-0.3, -0.25) is 4.79 Å². The van der Waals surface area contributed by atoms with E-state index >= 15 is 0 Å². The normalized spacial score (nSPS) is 10.5. The van der Waals surface area contributed by atoms with Crippen LogP contribution in [-0.2, 0) is 4.79 Å². The zero-order chi connectivity index (χ0) is 11.4. The predicted octanol–water partition coefficient (Wildman–Crippen LogP) is 2.30. The largest absolute Gasteiger partial charge is 0.478 e. The van der Waals surface area contributed by atoms with Crippen LogP contribution in [0.3, 0.4) is 0 Å². The minimum Gasteiger partial charge on any atom is -0.478 e. The summed E-state index contributed by atoms with van der Waals surface area (Å²) in [5.74, 6) is -2.76. The Morgan fingerprint density at radius 3 is 2.53 bits per heavy atom. The third-order valence-electron chi connectivity index (χ3n) is 1.57. The molecule has 0 unspecified atom stereocenters. The fraction of sp³-hybridized carbons (Fsp3) is 0. The molecule has 78 valence electrons. The summed E-state index contributed by atoms with van der Waals surface area (Å²) >= 11 is 5.49. The van der Waals surface area contributed by atoms with E-state index in [4.69, 9.17) is 16.7 Å². The van der Waals surface area contributed by atoms with E-state index in [0.29, 0.717) is 6.08 Å². The van der Waals surface area contributed by atoms with Gasteiger partial charge in [-0.25, -0.2) is 9.18 Å². The molecule has 0 bridgehead atoms. The standard InChI is InChI=1S/C10H6ClFO3/c11-6-1-2-7(8(12)5-6)9(13)3-4-10(14)15/h1-5H,(H,14,15)/b4-3+. The second-order valence-corrected chi connectivity index (χ2v) is 3.10. The third-order valence-corrected chi connectivity index (χ3v) is 1.81. The van der Waals surface area contributed by atoms with E-state index in [0.717, 1.165) is 12.1 Å². The highest BCUT2D eigenvalue weighted by Gasteiger charge is 2.09. The lowest BCUT2D eigenvalue weighted by Gasteiger charge is -1.98. The SMILES string of the molecule is O=C(O)/C=C/C(=O)c1ccc(Cl)cc1F. The topological polar surface area (TPSA) is 54.4 Å². The highest BCUT2D eigenvalue weighted by atomic mass is 35.5. The highest BCUT2D eigenvalue weighted by molar-refractivity contribution is 6.30. The maximum atomic E-state index is 13.1. The van der Waals surface area contributed by atoms with Gasteiger partial charge in [-0.15, -0.1) is 0 Å². The van der Waals surface area contributed by atoms with Crippen molar-refractivity contribution >= 4 is 23.4 Å². The van der Waals surface area contributed by atoms with Gasteiger partial charge in [0.05, 0.1) is 5.56 Å². The van der Waals surface area contributed by atoms with Crippen LogP contribution < -0.4 is 0 Å². The van der Waals surface area contributed by atoms with E-state index in [-0.39, 0.29) is 10.6 Å². The van der Waals surface area contributed by atoms with Crippen LogP contribution in [0.5, 0.6) is 0 Å². The number of carbonyl (C=O) groups is 2. The van der Waals surface area contributed by atoms with Crippen LogP contribution in [0.15, 0.2) is 30.4 Å². The smallest absolute Gasteiger partial charge is 0.328 e. The molecule has 1 aromatic rings. The van der Waals surface area contributed by atoms with Crippen molar-refractivity contribution in [3.63, 3.8) is 0 Å². The molecule has 0 atom stereocenters. The molecule has 0 spiro atoms. The third kappa shape index (κ3) is 3.18. The molecule has 0 aromatic heterocycles. The van der Waals surface area contributed by atoms with Crippen molar-refractivity contribution in [2.45, 2.75) is 0 Å². The van der Waals surface area contributed by atoms with E-state index in [2.05, 4.69) is 0 Å². The summed E-state index contributed by atoms with van der Waals surface area (Å²) in [6.45, 7) is 0. The van der Waals surface area contributed by atoms with Crippen LogP contribution >= 0.6 is 11.6 Å². The van der Waals surface area contributed by atoms with E-state index in [1.165, 1.54) is 12.1 Å². The zero-order valence-corrected chi connectivity index (χ0v) is 8.16. The summed E-state index contributed by atoms with van der Waals surface area (Å²) in [7, 11) is 0. The lowest BCUT2D eigenvalue weighted by Crippen LogP contribution is -1.99. The van der Waals surface area contributed by atoms with Gasteiger partial charge in [-0.2, -0.15) is 0 Å². The Bertz CT molecular complexity index is 440. The van der Waals surface area contributed by atoms with Crippen molar-refractivity contribution in [2.75, 3.05) is 0 Å². The van der Waals surface area contributed by atoms with Crippen molar-refractivity contribution < 1.29 is 19.1 Å².